The first kappa shape index (κ1) is 25.8. The van der Waals surface area contributed by atoms with E-state index in [1.54, 1.807) is 18.2 Å². The zero-order valence-corrected chi connectivity index (χ0v) is 21.0. The van der Waals surface area contributed by atoms with Crippen LogP contribution in [0.4, 0.5) is 0 Å². The third-order valence-electron chi connectivity index (χ3n) is 5.81. The Bertz CT molecular complexity index is 1360. The van der Waals surface area contributed by atoms with E-state index in [9.17, 15) is 13.7 Å². The topological polar surface area (TPSA) is 150 Å². The molecule has 0 radical (unpaired) electrons. The van der Waals surface area contributed by atoms with Crippen LogP contribution < -0.4 is 14.8 Å². The maximum atomic E-state index is 12.5. The molecule has 0 saturated heterocycles. The lowest BCUT2D eigenvalue weighted by molar-refractivity contribution is 0.241. The molecule has 0 amide bonds. The van der Waals surface area contributed by atoms with Crippen LogP contribution >= 0.6 is 0 Å². The Morgan fingerprint density at radius 3 is 2.86 bits per heavy atom. The highest BCUT2D eigenvalue weighted by Gasteiger charge is 2.29. The molecule has 3 N–H and O–H groups in total. The van der Waals surface area contributed by atoms with Crippen molar-refractivity contribution in [3.63, 3.8) is 0 Å². The summed E-state index contributed by atoms with van der Waals surface area (Å²) in [7, 11) is -3.50. The third kappa shape index (κ3) is 5.91. The van der Waals surface area contributed by atoms with Crippen molar-refractivity contribution in [3.05, 3.63) is 53.1 Å². The molecule has 1 atom stereocenters. The summed E-state index contributed by atoms with van der Waals surface area (Å²) in [5.41, 5.74) is 3.65. The van der Waals surface area contributed by atoms with Gasteiger partial charge in [-0.2, -0.15) is 10.2 Å². The van der Waals surface area contributed by atoms with Gasteiger partial charge >= 0.3 is 0 Å². The fourth-order valence-corrected chi connectivity index (χ4v) is 5.44. The smallest absolute Gasteiger partial charge is 0.258 e. The van der Waals surface area contributed by atoms with E-state index >= 15 is 0 Å². The summed E-state index contributed by atoms with van der Waals surface area (Å²) in [5, 5.41) is 25.4. The normalized spacial score (nSPS) is 15.1. The van der Waals surface area contributed by atoms with E-state index in [0.717, 1.165) is 16.7 Å². The second-order valence-corrected chi connectivity index (χ2v) is 10.7. The van der Waals surface area contributed by atoms with Crippen molar-refractivity contribution in [2.75, 3.05) is 25.4 Å². The first-order chi connectivity index (χ1) is 17.3. The van der Waals surface area contributed by atoms with Gasteiger partial charge < -0.3 is 19.7 Å². The number of aliphatic hydroxyl groups excluding tert-OH is 1. The van der Waals surface area contributed by atoms with Crippen LogP contribution in [0, 0.1) is 11.3 Å². The minimum atomic E-state index is -3.50. The van der Waals surface area contributed by atoms with Crippen molar-refractivity contribution in [1.82, 2.24) is 20.2 Å². The number of benzene rings is 2. The molecular formula is C25H29N5O5S. The Morgan fingerprint density at radius 2 is 2.11 bits per heavy atom. The van der Waals surface area contributed by atoms with Crippen LogP contribution in [0.3, 0.4) is 0 Å². The molecule has 0 fully saturated rings. The van der Waals surface area contributed by atoms with Crippen LogP contribution in [0.15, 0.2) is 40.9 Å². The summed E-state index contributed by atoms with van der Waals surface area (Å²) in [4.78, 5) is 4.56. The number of nitriles is 1. The van der Waals surface area contributed by atoms with Crippen LogP contribution in [0.1, 0.15) is 43.0 Å². The third-order valence-corrected chi connectivity index (χ3v) is 7.19. The quantitative estimate of drug-likeness (QED) is 0.330. The SMILES string of the molecule is CC(C)Oc1ccc(-c2nc(-c3cccc4c3CCC4NS(=O)(=O)CCNCCO)no2)cc1C#N. The number of fused-ring (bicyclic) bond motifs is 1. The van der Waals surface area contributed by atoms with E-state index in [0.29, 0.717) is 42.1 Å². The largest absolute Gasteiger partial charge is 0.490 e. The maximum absolute atomic E-state index is 12.5. The lowest BCUT2D eigenvalue weighted by atomic mass is 10.0. The Kier molecular flexibility index (Phi) is 8.01. The van der Waals surface area contributed by atoms with Crippen molar-refractivity contribution >= 4 is 10.0 Å². The number of aliphatic hydroxyl groups is 1. The van der Waals surface area contributed by atoms with Crippen molar-refractivity contribution in [1.29, 1.82) is 5.26 Å². The van der Waals surface area contributed by atoms with Gasteiger partial charge in [0.1, 0.15) is 11.8 Å². The average molecular weight is 512 g/mol. The summed E-state index contributed by atoms with van der Waals surface area (Å²) in [6.07, 6.45) is 1.24. The van der Waals surface area contributed by atoms with Crippen molar-refractivity contribution in [2.45, 2.75) is 38.8 Å². The van der Waals surface area contributed by atoms with E-state index in [2.05, 4.69) is 26.2 Å². The van der Waals surface area contributed by atoms with Gasteiger partial charge in [0.2, 0.25) is 15.8 Å². The number of nitrogens with zero attached hydrogens (tertiary/aromatic N) is 3. The molecule has 1 unspecified atom stereocenters. The van der Waals surface area contributed by atoms with E-state index in [1.165, 1.54) is 0 Å². The van der Waals surface area contributed by atoms with Gasteiger partial charge in [-0.25, -0.2) is 13.1 Å². The molecule has 2 aromatic carbocycles. The van der Waals surface area contributed by atoms with E-state index in [1.807, 2.05) is 32.0 Å². The lowest BCUT2D eigenvalue weighted by Crippen LogP contribution is -2.34. The molecule has 36 heavy (non-hydrogen) atoms. The Hall–Kier alpha value is -3.30. The molecule has 0 saturated carbocycles. The Morgan fingerprint density at radius 1 is 1.28 bits per heavy atom. The minimum absolute atomic E-state index is 0.0403. The molecule has 1 aliphatic carbocycles. The van der Waals surface area contributed by atoms with E-state index < -0.39 is 10.0 Å². The number of aromatic nitrogens is 2. The molecule has 4 rings (SSSR count). The summed E-state index contributed by atoms with van der Waals surface area (Å²) in [6, 6.07) is 12.6. The number of hydrogen-bond donors (Lipinski definition) is 3. The van der Waals surface area contributed by atoms with Gasteiger partial charge in [-0.15, -0.1) is 0 Å². The first-order valence-electron chi connectivity index (χ1n) is 11.8. The predicted octanol–water partition coefficient (Wildman–Crippen LogP) is 2.55. The van der Waals surface area contributed by atoms with Gasteiger partial charge in [0, 0.05) is 30.3 Å². The number of hydrogen-bond acceptors (Lipinski definition) is 9. The molecule has 0 spiro atoms. The van der Waals surface area contributed by atoms with Crippen LogP contribution in [0.2, 0.25) is 0 Å². The average Bonchev–Trinajstić information content (AvgIpc) is 3.49. The van der Waals surface area contributed by atoms with Crippen LogP contribution in [0.25, 0.3) is 22.8 Å². The lowest BCUT2D eigenvalue weighted by Gasteiger charge is -2.15. The van der Waals surface area contributed by atoms with Crippen molar-refractivity contribution in [2.24, 2.45) is 0 Å². The van der Waals surface area contributed by atoms with Crippen LogP contribution in [0.5, 0.6) is 5.75 Å². The van der Waals surface area contributed by atoms with Gasteiger partial charge in [-0.1, -0.05) is 23.4 Å². The van der Waals surface area contributed by atoms with Crippen molar-refractivity contribution in [3.8, 4) is 34.7 Å². The summed E-state index contributed by atoms with van der Waals surface area (Å²) < 4.78 is 39.0. The summed E-state index contributed by atoms with van der Waals surface area (Å²) in [6.45, 7) is 4.36. The fraction of sp³-hybridized carbons (Fsp3) is 0.400. The Labute approximate surface area is 210 Å². The van der Waals surface area contributed by atoms with E-state index in [4.69, 9.17) is 14.4 Å². The van der Waals surface area contributed by atoms with Gasteiger partial charge in [-0.05, 0) is 56.0 Å². The first-order valence-corrected chi connectivity index (χ1v) is 13.4. The zero-order valence-electron chi connectivity index (χ0n) is 20.2. The van der Waals surface area contributed by atoms with Gasteiger partial charge in [0.05, 0.1) is 24.0 Å². The number of rotatable bonds is 11. The predicted molar refractivity (Wildman–Crippen MR) is 134 cm³/mol. The molecule has 3 aromatic rings. The highest BCUT2D eigenvalue weighted by molar-refractivity contribution is 7.89. The highest BCUT2D eigenvalue weighted by Crippen LogP contribution is 2.38. The molecule has 0 aliphatic heterocycles. The van der Waals surface area contributed by atoms with Gasteiger partial charge in [0.25, 0.3) is 5.89 Å². The molecule has 10 nitrogen and oxygen atoms in total. The number of ether oxygens (including phenoxy) is 1. The molecule has 0 bridgehead atoms. The molecular weight excluding hydrogens is 482 g/mol. The number of sulfonamides is 1. The van der Waals surface area contributed by atoms with Crippen molar-refractivity contribution < 1.29 is 22.8 Å². The number of nitrogens with one attached hydrogen (secondary N) is 2. The van der Waals surface area contributed by atoms with Crippen LogP contribution in [-0.2, 0) is 16.4 Å². The van der Waals surface area contributed by atoms with Gasteiger partial charge in [0.15, 0.2) is 0 Å². The molecule has 1 heterocycles. The van der Waals surface area contributed by atoms with E-state index in [-0.39, 0.29) is 36.9 Å². The highest BCUT2D eigenvalue weighted by atomic mass is 32.2. The summed E-state index contributed by atoms with van der Waals surface area (Å²) in [5.74, 6) is 1.10. The molecule has 190 valence electrons. The fourth-order valence-electron chi connectivity index (χ4n) is 4.23. The second-order valence-electron chi connectivity index (χ2n) is 8.79. The standard InChI is InChI=1S/C25H29N5O5S/c1-16(2)34-23-9-6-17(14-18(23)15-26)25-28-24(29-35-25)21-5-3-4-20-19(21)7-8-22(20)30-36(32,33)13-11-27-10-12-31/h3-6,9,14,16,22,27,30-31H,7-8,10-13H2,1-2H3. The second kappa shape index (κ2) is 11.2. The minimum Gasteiger partial charge on any atom is -0.490 e. The zero-order chi connectivity index (χ0) is 25.7. The Balaban J connectivity index is 1.54. The monoisotopic (exact) mass is 511 g/mol. The molecule has 1 aromatic heterocycles. The molecule has 1 aliphatic rings. The van der Waals surface area contributed by atoms with Gasteiger partial charge in [-0.3, -0.25) is 0 Å². The molecule has 11 heteroatoms. The van der Waals surface area contributed by atoms with Crippen LogP contribution in [-0.4, -0.2) is 55.2 Å². The summed E-state index contributed by atoms with van der Waals surface area (Å²) >= 11 is 0. The maximum Gasteiger partial charge on any atom is 0.258 e.